The molecule has 0 aromatic carbocycles. The van der Waals surface area contributed by atoms with Crippen LogP contribution in [0.1, 0.15) is 324 Å². The Kier molecular flexibility index (Phi) is 82.0. The fourth-order valence-electron chi connectivity index (χ4n) is 8.69. The molecule has 674 valence electrons. The Morgan fingerprint density at radius 1 is 0.259 bits per heavy atom. The molecule has 1 aliphatic carbocycles. The molecule has 1 aliphatic rings. The fraction of sp³-hybridized carbons (Fsp3) is 0.733. The molecule has 116 heavy (non-hydrogen) atoms. The van der Waals surface area contributed by atoms with E-state index in [2.05, 4.69) is 0 Å². The number of rotatable bonds is 56. The van der Waals surface area contributed by atoms with Crippen LogP contribution < -0.4 is 0 Å². The van der Waals surface area contributed by atoms with E-state index in [1.54, 1.807) is 13.8 Å². The number of aliphatic hydroxyl groups is 1. The summed E-state index contributed by atoms with van der Waals surface area (Å²) in [5.74, 6) is -23.5. The second-order valence-corrected chi connectivity index (χ2v) is 26.9. The summed E-state index contributed by atoms with van der Waals surface area (Å²) in [5, 5.41) is 174. The lowest BCUT2D eigenvalue weighted by molar-refractivity contribution is -0.174. The average molecular weight is 1690 g/mol. The number of aliphatic carboxylic acids is 20. The minimum absolute atomic E-state index is 0.119. The van der Waals surface area contributed by atoms with E-state index in [9.17, 15) is 95.9 Å². The molecule has 41 heteroatoms. The molecule has 1 rings (SSSR count). The first-order chi connectivity index (χ1) is 53.6. The maximum atomic E-state index is 10.5. The molecular formula is C75H128O41. The van der Waals surface area contributed by atoms with Gasteiger partial charge >= 0.3 is 119 Å². The van der Waals surface area contributed by atoms with Gasteiger partial charge in [-0.05, 0) is 111 Å². The zero-order valence-corrected chi connectivity index (χ0v) is 67.2. The van der Waals surface area contributed by atoms with Crippen LogP contribution in [0.5, 0.6) is 0 Å². The number of hydrogen-bond acceptors (Lipinski definition) is 21. The molecule has 0 spiro atoms. The highest BCUT2D eigenvalue weighted by molar-refractivity contribution is 6.01. The van der Waals surface area contributed by atoms with Gasteiger partial charge in [0.05, 0.1) is 0 Å². The van der Waals surface area contributed by atoms with Crippen LogP contribution in [0, 0.1) is 22.2 Å². The monoisotopic (exact) mass is 1680 g/mol. The Balaban J connectivity index is -0.000000159. The molecule has 1 saturated carbocycles. The second kappa shape index (κ2) is 77.0. The van der Waals surface area contributed by atoms with Crippen LogP contribution in [0.3, 0.4) is 0 Å². The van der Waals surface area contributed by atoms with Gasteiger partial charge in [0.15, 0.2) is 22.2 Å². The summed E-state index contributed by atoms with van der Waals surface area (Å²) >= 11 is 0. The lowest BCUT2D eigenvalue weighted by atomic mass is 9.69. The van der Waals surface area contributed by atoms with Gasteiger partial charge in [0.1, 0.15) is 6.42 Å². The first-order valence-corrected chi connectivity index (χ1v) is 37.8. The van der Waals surface area contributed by atoms with Crippen molar-refractivity contribution in [2.24, 2.45) is 22.2 Å². The largest absolute Gasteiger partial charge is 0.481 e. The molecule has 0 amide bonds. The highest BCUT2D eigenvalue weighted by atomic mass is 16.5. The van der Waals surface area contributed by atoms with Crippen molar-refractivity contribution in [3.05, 3.63) is 0 Å². The van der Waals surface area contributed by atoms with E-state index in [0.29, 0.717) is 71.1 Å². The molecule has 0 heterocycles. The molecule has 0 unspecified atom stereocenters. The lowest BCUT2D eigenvalue weighted by Gasteiger charge is -2.32. The van der Waals surface area contributed by atoms with Crippen molar-refractivity contribution in [1.29, 1.82) is 0 Å². The topological polar surface area (TPSA) is 766 Å². The number of carboxylic acids is 20. The Labute approximate surface area is 672 Å². The highest BCUT2D eigenvalue weighted by Gasteiger charge is 2.51. The van der Waals surface area contributed by atoms with Gasteiger partial charge in [0, 0.05) is 51.4 Å². The Hall–Kier alpha value is -10.6. The van der Waals surface area contributed by atoms with Gasteiger partial charge in [-0.1, -0.05) is 156 Å². The summed E-state index contributed by atoms with van der Waals surface area (Å²) in [6.07, 6.45) is 31.6. The number of unbranched alkanes of at least 4 members (excludes halogenated alkanes) is 25. The third-order valence-corrected chi connectivity index (χ3v) is 16.6. The zero-order chi connectivity index (χ0) is 92.2. The van der Waals surface area contributed by atoms with E-state index in [4.69, 9.17) is 107 Å². The minimum atomic E-state index is -2.67. The van der Waals surface area contributed by atoms with Gasteiger partial charge in [-0.3, -0.25) is 86.3 Å². The standard InChI is InChI=1S/C16H30O4.C14H26O4.C8H14O4.2C7H12O4.C6H8O4.2C5H8O4.C4H6O5.C3H4O4/c17-15(18)13-11-9-7-5-3-1-2-4-6-8-10-12-14-16(19)20;15-13(16)11-9-7-5-3-1-2-4-6-8-10-12-14(17)18;9-7(10)5-3-1-2-4-6-8(11)12;1-3-7(4-2,5(8)9)6(10)11;8-6(9)4-2-1-3-5-7(10)11;7-4(8)6(5(9)10)2-1-3-6;1-5(2,3(6)7)4(8)9;1-2-3(4(6)7)5(8)9;1-4(9,2(5)6)3(7)8;4-2(5)1-3(6)7/h1-14H2,(H,17,18)(H,19,20);1-12H2,(H,15,16)(H,17,18);1-6H2,(H,9,10)(H,11,12);3-4H2,1-2H3,(H,8,9)(H,10,11);1-5H2,(H,8,9)(H,10,11);1-3H2,(H,7,8)(H,9,10);1-2H3,(H,6,7)(H,8,9);3H,2H2,1H3,(H,6,7)(H,8,9);9H,1H3,(H,5,6)(H,7,8);1H2,(H,4,5)(H,6,7). The van der Waals surface area contributed by atoms with Crippen molar-refractivity contribution >= 4 is 119 Å². The predicted molar refractivity (Wildman–Crippen MR) is 406 cm³/mol. The Morgan fingerprint density at radius 2 is 0.431 bits per heavy atom. The minimum Gasteiger partial charge on any atom is -0.481 e. The van der Waals surface area contributed by atoms with Gasteiger partial charge in [0.25, 0.3) is 5.60 Å². The zero-order valence-electron chi connectivity index (χ0n) is 67.2. The molecule has 0 atom stereocenters. The van der Waals surface area contributed by atoms with Crippen molar-refractivity contribution in [2.75, 3.05) is 0 Å². The van der Waals surface area contributed by atoms with E-state index < -0.39 is 154 Å². The molecule has 1 fully saturated rings. The first kappa shape index (κ1) is 124. The molecule has 0 saturated heterocycles. The van der Waals surface area contributed by atoms with Gasteiger partial charge < -0.3 is 107 Å². The summed E-state index contributed by atoms with van der Waals surface area (Å²) in [6.45, 7) is 7.61. The number of hydrogen-bond donors (Lipinski definition) is 21. The fourth-order valence-corrected chi connectivity index (χ4v) is 8.69. The normalized spacial score (nSPS) is 11.1. The molecule has 41 nitrogen and oxygen atoms in total. The van der Waals surface area contributed by atoms with Crippen molar-refractivity contribution in [3.63, 3.8) is 0 Å². The third kappa shape index (κ3) is 82.8. The quantitative estimate of drug-likeness (QED) is 0.0199. The van der Waals surface area contributed by atoms with Crippen molar-refractivity contribution in [1.82, 2.24) is 0 Å². The van der Waals surface area contributed by atoms with Gasteiger partial charge in [0.2, 0.25) is 0 Å². The molecule has 0 aromatic heterocycles. The maximum absolute atomic E-state index is 10.5. The van der Waals surface area contributed by atoms with Crippen LogP contribution in [0.25, 0.3) is 0 Å². The molecule has 0 aromatic rings. The molecule has 0 aliphatic heterocycles. The van der Waals surface area contributed by atoms with Crippen molar-refractivity contribution in [3.8, 4) is 0 Å². The molecular weight excluding hydrogens is 1560 g/mol. The van der Waals surface area contributed by atoms with E-state index in [1.165, 1.54) is 71.1 Å². The molecule has 21 N–H and O–H groups in total. The summed E-state index contributed by atoms with van der Waals surface area (Å²) in [5.41, 5.74) is -7.36. The maximum Gasteiger partial charge on any atom is 0.347 e. The average Bonchev–Trinajstić information content (AvgIpc) is 0.791. The van der Waals surface area contributed by atoms with Gasteiger partial charge in [-0.15, -0.1) is 0 Å². The smallest absolute Gasteiger partial charge is 0.347 e. The lowest BCUT2D eigenvalue weighted by Crippen LogP contribution is -2.44. The van der Waals surface area contributed by atoms with Crippen LogP contribution in [0.2, 0.25) is 0 Å². The number of carbonyl (C=O) groups is 20. The van der Waals surface area contributed by atoms with E-state index in [1.807, 2.05) is 0 Å². The van der Waals surface area contributed by atoms with Crippen LogP contribution in [-0.2, 0) is 95.9 Å². The molecule has 0 radical (unpaired) electrons. The SMILES string of the molecule is CC(C)(C(=O)O)C(=O)O.CC(O)(C(=O)O)C(=O)O.CCC(C(=O)O)C(=O)O.CCC(CC)(C(=O)O)C(=O)O.O=C(O)C1(C(=O)O)CCC1.O=C(O)CC(=O)O.O=C(O)CCCCCC(=O)O.O=C(O)CCCCCCC(=O)O.O=C(O)CCCCCCCCCCCCC(=O)O.O=C(O)CCCCCCCCCCCCCCC(=O)O. The Morgan fingerprint density at radius 3 is 0.474 bits per heavy atom. The van der Waals surface area contributed by atoms with Crippen LogP contribution in [-0.4, -0.2) is 232 Å². The number of carboxylic acid groups (broad SMARTS) is 20. The van der Waals surface area contributed by atoms with Crippen LogP contribution in [0.15, 0.2) is 0 Å². The first-order valence-electron chi connectivity index (χ1n) is 37.8. The summed E-state index contributed by atoms with van der Waals surface area (Å²) in [7, 11) is 0. The van der Waals surface area contributed by atoms with Crippen molar-refractivity contribution < 1.29 is 203 Å². The van der Waals surface area contributed by atoms with Gasteiger partial charge in [-0.2, -0.15) is 0 Å². The predicted octanol–water partition coefficient (Wildman–Crippen LogP) is 11.2. The third-order valence-electron chi connectivity index (χ3n) is 16.6. The van der Waals surface area contributed by atoms with Crippen LogP contribution >= 0.6 is 0 Å². The summed E-state index contributed by atoms with van der Waals surface area (Å²) in [6, 6.07) is 0. The van der Waals surface area contributed by atoms with E-state index in [0.717, 1.165) is 104 Å². The summed E-state index contributed by atoms with van der Waals surface area (Å²) in [4.78, 5) is 202. The van der Waals surface area contributed by atoms with Crippen LogP contribution in [0.4, 0.5) is 0 Å². The van der Waals surface area contributed by atoms with Crippen molar-refractivity contribution in [2.45, 2.75) is 330 Å². The summed E-state index contributed by atoms with van der Waals surface area (Å²) < 4.78 is 0. The van der Waals surface area contributed by atoms with E-state index in [-0.39, 0.29) is 57.8 Å². The molecule has 0 bridgehead atoms. The van der Waals surface area contributed by atoms with Gasteiger partial charge in [-0.25, -0.2) is 9.59 Å². The second-order valence-electron chi connectivity index (χ2n) is 26.9. The Bertz CT molecular complexity index is 2690. The van der Waals surface area contributed by atoms with E-state index >= 15 is 0 Å². The highest BCUT2D eigenvalue weighted by Crippen LogP contribution is 2.41.